The number of rotatable bonds is 4. The van der Waals surface area contributed by atoms with Crippen molar-refractivity contribution in [1.82, 2.24) is 4.98 Å². The number of aliphatic hydroxyl groups is 1. The van der Waals surface area contributed by atoms with Gasteiger partial charge in [0, 0.05) is 29.7 Å². The third kappa shape index (κ3) is 2.54. The molecular formula is C13H16N2OS. The number of thiophene rings is 1. The van der Waals surface area contributed by atoms with E-state index in [9.17, 15) is 5.11 Å². The minimum absolute atomic E-state index is 0.0963. The molecule has 0 aliphatic carbocycles. The molecule has 0 bridgehead atoms. The highest BCUT2D eigenvalue weighted by Gasteiger charge is 2.23. The highest BCUT2D eigenvalue weighted by molar-refractivity contribution is 7.10. The van der Waals surface area contributed by atoms with Crippen molar-refractivity contribution in [2.75, 3.05) is 6.54 Å². The third-order valence-corrected chi connectivity index (χ3v) is 4.01. The number of aromatic nitrogens is 1. The van der Waals surface area contributed by atoms with Crippen LogP contribution in [0.1, 0.15) is 28.0 Å². The van der Waals surface area contributed by atoms with Crippen LogP contribution in [-0.4, -0.2) is 16.6 Å². The van der Waals surface area contributed by atoms with E-state index in [0.29, 0.717) is 6.54 Å². The summed E-state index contributed by atoms with van der Waals surface area (Å²) in [6.45, 7) is 2.41. The lowest BCUT2D eigenvalue weighted by Gasteiger charge is -2.21. The van der Waals surface area contributed by atoms with Gasteiger partial charge in [-0.15, -0.1) is 11.3 Å². The Morgan fingerprint density at radius 1 is 1.47 bits per heavy atom. The summed E-state index contributed by atoms with van der Waals surface area (Å²) < 4.78 is 0. The van der Waals surface area contributed by atoms with Crippen LogP contribution in [0, 0.1) is 6.92 Å². The van der Waals surface area contributed by atoms with Gasteiger partial charge in [-0.05, 0) is 35.6 Å². The molecule has 3 nitrogen and oxygen atoms in total. The van der Waals surface area contributed by atoms with E-state index < -0.39 is 6.10 Å². The highest BCUT2D eigenvalue weighted by atomic mass is 32.1. The number of hydrogen-bond acceptors (Lipinski definition) is 4. The van der Waals surface area contributed by atoms with E-state index in [1.165, 1.54) is 0 Å². The molecule has 0 aliphatic heterocycles. The number of aryl methyl sites for hydroxylation is 1. The maximum atomic E-state index is 10.4. The first kappa shape index (κ1) is 12.2. The Labute approximate surface area is 105 Å². The first-order chi connectivity index (χ1) is 8.24. The highest BCUT2D eigenvalue weighted by Crippen LogP contribution is 2.34. The van der Waals surface area contributed by atoms with Crippen LogP contribution in [0.4, 0.5) is 0 Å². The Morgan fingerprint density at radius 3 is 2.82 bits per heavy atom. The van der Waals surface area contributed by atoms with Gasteiger partial charge in [0.1, 0.15) is 0 Å². The Kier molecular flexibility index (Phi) is 3.89. The van der Waals surface area contributed by atoms with Crippen molar-refractivity contribution in [3.63, 3.8) is 0 Å². The van der Waals surface area contributed by atoms with E-state index in [2.05, 4.69) is 4.98 Å². The molecule has 2 aromatic rings. The summed E-state index contributed by atoms with van der Waals surface area (Å²) >= 11 is 1.57. The Hall–Kier alpha value is -1.23. The summed E-state index contributed by atoms with van der Waals surface area (Å²) in [5.41, 5.74) is 7.88. The molecule has 2 heterocycles. The number of aliphatic hydroxyl groups excluding tert-OH is 1. The zero-order valence-electron chi connectivity index (χ0n) is 9.71. The maximum Gasteiger partial charge on any atom is 0.0965 e. The van der Waals surface area contributed by atoms with E-state index >= 15 is 0 Å². The van der Waals surface area contributed by atoms with Crippen LogP contribution in [0.5, 0.6) is 0 Å². The lowest BCUT2D eigenvalue weighted by Crippen LogP contribution is -2.20. The largest absolute Gasteiger partial charge is 0.387 e. The fourth-order valence-corrected chi connectivity index (χ4v) is 2.89. The molecule has 0 fully saturated rings. The molecule has 0 radical (unpaired) electrons. The van der Waals surface area contributed by atoms with Gasteiger partial charge in [0.05, 0.1) is 6.10 Å². The number of nitrogens with zero attached hydrogens (tertiary/aromatic N) is 1. The van der Waals surface area contributed by atoms with E-state index in [1.807, 2.05) is 30.5 Å². The fourth-order valence-electron chi connectivity index (χ4n) is 1.91. The molecule has 2 atom stereocenters. The first-order valence-electron chi connectivity index (χ1n) is 5.56. The maximum absolute atomic E-state index is 10.4. The van der Waals surface area contributed by atoms with Crippen LogP contribution in [0.3, 0.4) is 0 Å². The molecule has 0 spiro atoms. The number of hydrogen-bond donors (Lipinski definition) is 2. The second kappa shape index (κ2) is 5.40. The number of nitrogens with two attached hydrogens (primary N) is 1. The predicted octanol–water partition coefficient (Wildman–Crippen LogP) is 2.23. The molecule has 0 aromatic carbocycles. The zero-order chi connectivity index (χ0) is 12.3. The quantitative estimate of drug-likeness (QED) is 0.872. The van der Waals surface area contributed by atoms with Crippen molar-refractivity contribution in [3.8, 4) is 0 Å². The lowest BCUT2D eigenvalue weighted by molar-refractivity contribution is 0.150. The SMILES string of the molecule is Cc1ccsc1C(O)C(CN)c1cccnc1. The summed E-state index contributed by atoms with van der Waals surface area (Å²) in [6, 6.07) is 5.84. The van der Waals surface area contributed by atoms with Gasteiger partial charge in [0.15, 0.2) is 0 Å². The van der Waals surface area contributed by atoms with Crippen molar-refractivity contribution in [1.29, 1.82) is 0 Å². The summed E-state index contributed by atoms with van der Waals surface area (Å²) in [5, 5.41) is 12.4. The third-order valence-electron chi connectivity index (χ3n) is 2.92. The van der Waals surface area contributed by atoms with E-state index in [0.717, 1.165) is 16.0 Å². The van der Waals surface area contributed by atoms with Gasteiger partial charge in [0.25, 0.3) is 0 Å². The minimum atomic E-state index is -0.552. The van der Waals surface area contributed by atoms with Crippen molar-refractivity contribution < 1.29 is 5.11 Å². The second-order valence-corrected chi connectivity index (χ2v) is 4.99. The molecule has 2 rings (SSSR count). The predicted molar refractivity (Wildman–Crippen MR) is 70.0 cm³/mol. The van der Waals surface area contributed by atoms with Crippen molar-refractivity contribution >= 4 is 11.3 Å². The smallest absolute Gasteiger partial charge is 0.0965 e. The minimum Gasteiger partial charge on any atom is -0.387 e. The Bertz CT molecular complexity index is 469. The van der Waals surface area contributed by atoms with Crippen LogP contribution in [0.25, 0.3) is 0 Å². The van der Waals surface area contributed by atoms with Crippen LogP contribution in [0.2, 0.25) is 0 Å². The van der Waals surface area contributed by atoms with Gasteiger partial charge >= 0.3 is 0 Å². The van der Waals surface area contributed by atoms with Gasteiger partial charge < -0.3 is 10.8 Å². The Balaban J connectivity index is 2.28. The average molecular weight is 248 g/mol. The van der Waals surface area contributed by atoms with E-state index in [-0.39, 0.29) is 5.92 Å². The van der Waals surface area contributed by atoms with Crippen LogP contribution in [-0.2, 0) is 0 Å². The van der Waals surface area contributed by atoms with Gasteiger partial charge in [-0.1, -0.05) is 6.07 Å². The standard InChI is InChI=1S/C13H16N2OS/c1-9-4-6-17-13(9)12(16)11(7-14)10-3-2-5-15-8-10/h2-6,8,11-12,16H,7,14H2,1H3. The van der Waals surface area contributed by atoms with Gasteiger partial charge in [-0.3, -0.25) is 4.98 Å². The molecule has 0 aliphatic rings. The van der Waals surface area contributed by atoms with E-state index in [1.54, 1.807) is 23.7 Å². The van der Waals surface area contributed by atoms with Crippen LogP contribution < -0.4 is 5.73 Å². The van der Waals surface area contributed by atoms with E-state index in [4.69, 9.17) is 5.73 Å². The molecule has 90 valence electrons. The molecular weight excluding hydrogens is 232 g/mol. The monoisotopic (exact) mass is 248 g/mol. The van der Waals surface area contributed by atoms with Crippen LogP contribution >= 0.6 is 11.3 Å². The fraction of sp³-hybridized carbons (Fsp3) is 0.308. The molecule has 4 heteroatoms. The molecule has 17 heavy (non-hydrogen) atoms. The molecule has 2 aromatic heterocycles. The van der Waals surface area contributed by atoms with Crippen molar-refractivity contribution in [2.24, 2.45) is 5.73 Å². The molecule has 0 saturated heterocycles. The molecule has 2 unspecified atom stereocenters. The average Bonchev–Trinajstić information content (AvgIpc) is 2.77. The summed E-state index contributed by atoms with van der Waals surface area (Å²) in [4.78, 5) is 5.07. The lowest BCUT2D eigenvalue weighted by atomic mass is 9.93. The zero-order valence-corrected chi connectivity index (χ0v) is 10.5. The second-order valence-electron chi connectivity index (χ2n) is 4.04. The van der Waals surface area contributed by atoms with Gasteiger partial charge in [-0.25, -0.2) is 0 Å². The molecule has 0 saturated carbocycles. The first-order valence-corrected chi connectivity index (χ1v) is 6.44. The van der Waals surface area contributed by atoms with Gasteiger partial charge in [0.2, 0.25) is 0 Å². The summed E-state index contributed by atoms with van der Waals surface area (Å²) in [7, 11) is 0. The van der Waals surface area contributed by atoms with Crippen molar-refractivity contribution in [2.45, 2.75) is 18.9 Å². The summed E-state index contributed by atoms with van der Waals surface area (Å²) in [6.07, 6.45) is 2.94. The Morgan fingerprint density at radius 2 is 2.29 bits per heavy atom. The van der Waals surface area contributed by atoms with Crippen molar-refractivity contribution in [3.05, 3.63) is 52.0 Å². The normalized spacial score (nSPS) is 14.5. The molecule has 0 amide bonds. The van der Waals surface area contributed by atoms with Gasteiger partial charge in [-0.2, -0.15) is 0 Å². The number of pyridine rings is 1. The van der Waals surface area contributed by atoms with Crippen LogP contribution in [0.15, 0.2) is 36.0 Å². The summed E-state index contributed by atoms with van der Waals surface area (Å²) in [5.74, 6) is -0.0963. The molecule has 3 N–H and O–H groups in total. The topological polar surface area (TPSA) is 59.1 Å².